The quantitative estimate of drug-likeness (QED) is 0.908. The van der Waals surface area contributed by atoms with Crippen molar-refractivity contribution in [1.82, 2.24) is 4.98 Å². The lowest BCUT2D eigenvalue weighted by atomic mass is 9.89. The van der Waals surface area contributed by atoms with Crippen LogP contribution in [0.1, 0.15) is 20.3 Å². The first kappa shape index (κ1) is 15.3. The number of pyridine rings is 1. The van der Waals surface area contributed by atoms with Gasteiger partial charge in [-0.3, -0.25) is 14.6 Å². The van der Waals surface area contributed by atoms with Crippen molar-refractivity contribution in [3.63, 3.8) is 0 Å². The van der Waals surface area contributed by atoms with Crippen molar-refractivity contribution in [2.45, 2.75) is 20.3 Å². The van der Waals surface area contributed by atoms with Crippen molar-refractivity contribution >= 4 is 40.1 Å². The Balaban J connectivity index is 2.28. The molecule has 2 rings (SSSR count). The minimum Gasteiger partial charge on any atom is -0.481 e. The van der Waals surface area contributed by atoms with E-state index >= 15 is 0 Å². The minimum absolute atomic E-state index is 0.136. The van der Waals surface area contributed by atoms with Crippen LogP contribution in [0.15, 0.2) is 30.5 Å². The summed E-state index contributed by atoms with van der Waals surface area (Å²) < 4.78 is 0. The number of carbonyl (C=O) groups excluding carboxylic acids is 1. The van der Waals surface area contributed by atoms with Gasteiger partial charge in [0, 0.05) is 23.0 Å². The lowest BCUT2D eigenvalue weighted by Gasteiger charge is -2.18. The second kappa shape index (κ2) is 5.69. The fourth-order valence-corrected chi connectivity index (χ4v) is 2.15. The van der Waals surface area contributed by atoms with Gasteiger partial charge < -0.3 is 10.4 Å². The summed E-state index contributed by atoms with van der Waals surface area (Å²) in [5, 5.41) is 13.0. The number of carboxylic acid groups (broad SMARTS) is 1. The normalized spacial score (nSPS) is 11.4. The van der Waals surface area contributed by atoms with E-state index in [9.17, 15) is 9.59 Å². The molecule has 0 radical (unpaired) electrons. The number of amides is 1. The predicted molar refractivity (Wildman–Crippen MR) is 81.4 cm³/mol. The van der Waals surface area contributed by atoms with Gasteiger partial charge >= 0.3 is 5.97 Å². The van der Waals surface area contributed by atoms with Gasteiger partial charge in [-0.1, -0.05) is 17.7 Å². The standard InChI is InChI=1S/C15H15ClN2O3/c1-15(2,14(20)21)8-12(19)18-11-7-10(16)6-9-4-3-5-17-13(9)11/h3-7H,8H2,1-2H3,(H,18,19)(H,20,21). The van der Waals surface area contributed by atoms with Crippen LogP contribution in [0.2, 0.25) is 5.02 Å². The third-order valence-electron chi connectivity index (χ3n) is 3.13. The number of aromatic nitrogens is 1. The van der Waals surface area contributed by atoms with Crippen LogP contribution in [0.3, 0.4) is 0 Å². The van der Waals surface area contributed by atoms with E-state index in [1.807, 2.05) is 6.07 Å². The fourth-order valence-electron chi connectivity index (χ4n) is 1.92. The molecule has 0 saturated carbocycles. The first-order valence-electron chi connectivity index (χ1n) is 6.37. The number of carboxylic acids is 1. The molecule has 110 valence electrons. The molecule has 1 aromatic carbocycles. The van der Waals surface area contributed by atoms with Gasteiger partial charge in [-0.05, 0) is 32.0 Å². The second-order valence-corrected chi connectivity index (χ2v) is 5.88. The zero-order chi connectivity index (χ0) is 15.6. The molecular formula is C15H15ClN2O3. The summed E-state index contributed by atoms with van der Waals surface area (Å²) in [5.74, 6) is -1.41. The summed E-state index contributed by atoms with van der Waals surface area (Å²) in [6, 6.07) is 6.96. The predicted octanol–water partition coefficient (Wildman–Crippen LogP) is 3.33. The zero-order valence-electron chi connectivity index (χ0n) is 11.7. The average Bonchev–Trinajstić information content (AvgIpc) is 2.37. The summed E-state index contributed by atoms with van der Waals surface area (Å²) in [5.41, 5.74) is -0.0426. The monoisotopic (exact) mass is 306 g/mol. The van der Waals surface area contributed by atoms with Crippen molar-refractivity contribution in [2.75, 3.05) is 5.32 Å². The van der Waals surface area contributed by atoms with Crippen LogP contribution >= 0.6 is 11.6 Å². The average molecular weight is 307 g/mol. The van der Waals surface area contributed by atoms with Crippen LogP contribution in [-0.2, 0) is 9.59 Å². The number of benzene rings is 1. The molecule has 0 fully saturated rings. The van der Waals surface area contributed by atoms with E-state index in [2.05, 4.69) is 10.3 Å². The molecule has 0 atom stereocenters. The fraction of sp³-hybridized carbons (Fsp3) is 0.267. The number of nitrogens with zero attached hydrogens (tertiary/aromatic N) is 1. The number of fused-ring (bicyclic) bond motifs is 1. The Labute approximate surface area is 126 Å². The van der Waals surface area contributed by atoms with Crippen molar-refractivity contribution in [2.24, 2.45) is 5.41 Å². The van der Waals surface area contributed by atoms with Gasteiger partial charge in [0.05, 0.1) is 16.6 Å². The number of anilines is 1. The first-order valence-corrected chi connectivity index (χ1v) is 6.75. The number of nitrogens with one attached hydrogen (secondary N) is 1. The second-order valence-electron chi connectivity index (χ2n) is 5.44. The molecule has 2 N–H and O–H groups in total. The Kier molecular flexibility index (Phi) is 4.14. The molecule has 1 aromatic heterocycles. The largest absolute Gasteiger partial charge is 0.481 e. The summed E-state index contributed by atoms with van der Waals surface area (Å²) in [4.78, 5) is 27.3. The molecule has 6 heteroatoms. The number of carbonyl (C=O) groups is 2. The Hall–Kier alpha value is -2.14. The van der Waals surface area contributed by atoms with Gasteiger partial charge in [-0.25, -0.2) is 0 Å². The first-order chi connectivity index (χ1) is 9.79. The molecule has 0 spiro atoms. The van der Waals surface area contributed by atoms with Crippen molar-refractivity contribution in [3.8, 4) is 0 Å². The molecule has 0 aliphatic carbocycles. The highest BCUT2D eigenvalue weighted by Gasteiger charge is 2.30. The molecular weight excluding hydrogens is 292 g/mol. The van der Waals surface area contributed by atoms with E-state index in [0.29, 0.717) is 16.2 Å². The molecule has 0 saturated heterocycles. The number of hydrogen-bond acceptors (Lipinski definition) is 3. The van der Waals surface area contributed by atoms with Crippen LogP contribution in [0.25, 0.3) is 10.9 Å². The highest BCUT2D eigenvalue weighted by molar-refractivity contribution is 6.32. The van der Waals surface area contributed by atoms with Crippen LogP contribution in [0.4, 0.5) is 5.69 Å². The summed E-state index contributed by atoms with van der Waals surface area (Å²) >= 11 is 6.02. The van der Waals surface area contributed by atoms with Gasteiger partial charge in [0.1, 0.15) is 0 Å². The highest BCUT2D eigenvalue weighted by atomic mass is 35.5. The van der Waals surface area contributed by atoms with Gasteiger partial charge in [0.25, 0.3) is 0 Å². The molecule has 0 bridgehead atoms. The van der Waals surface area contributed by atoms with Crippen LogP contribution in [0, 0.1) is 5.41 Å². The maximum atomic E-state index is 12.0. The third-order valence-corrected chi connectivity index (χ3v) is 3.34. The minimum atomic E-state index is -1.13. The van der Waals surface area contributed by atoms with Gasteiger partial charge in [0.2, 0.25) is 5.91 Å². The summed E-state index contributed by atoms with van der Waals surface area (Å²) in [6.07, 6.45) is 1.48. The van der Waals surface area contributed by atoms with Crippen LogP contribution in [-0.4, -0.2) is 22.0 Å². The molecule has 1 amide bonds. The highest BCUT2D eigenvalue weighted by Crippen LogP contribution is 2.27. The molecule has 0 aliphatic rings. The number of rotatable bonds is 4. The SMILES string of the molecule is CC(C)(CC(=O)Nc1cc(Cl)cc2cccnc12)C(=O)O. The molecule has 0 unspecified atom stereocenters. The van der Waals surface area contributed by atoms with E-state index in [0.717, 1.165) is 5.39 Å². The van der Waals surface area contributed by atoms with E-state index < -0.39 is 17.3 Å². The Morgan fingerprint density at radius 1 is 1.38 bits per heavy atom. The third kappa shape index (κ3) is 3.49. The Morgan fingerprint density at radius 2 is 2.10 bits per heavy atom. The Morgan fingerprint density at radius 3 is 2.76 bits per heavy atom. The van der Waals surface area contributed by atoms with Crippen molar-refractivity contribution < 1.29 is 14.7 Å². The van der Waals surface area contributed by atoms with Gasteiger partial charge in [0.15, 0.2) is 0 Å². The number of aliphatic carboxylic acids is 1. The number of halogens is 1. The van der Waals surface area contributed by atoms with Crippen molar-refractivity contribution in [3.05, 3.63) is 35.5 Å². The van der Waals surface area contributed by atoms with E-state index in [1.165, 1.54) is 13.8 Å². The lowest BCUT2D eigenvalue weighted by molar-refractivity contribution is -0.148. The van der Waals surface area contributed by atoms with E-state index in [-0.39, 0.29) is 6.42 Å². The van der Waals surface area contributed by atoms with Gasteiger partial charge in [-0.2, -0.15) is 0 Å². The molecule has 5 nitrogen and oxygen atoms in total. The van der Waals surface area contributed by atoms with Gasteiger partial charge in [-0.15, -0.1) is 0 Å². The zero-order valence-corrected chi connectivity index (χ0v) is 12.4. The number of hydrogen-bond donors (Lipinski definition) is 2. The maximum Gasteiger partial charge on any atom is 0.309 e. The summed E-state index contributed by atoms with van der Waals surface area (Å²) in [6.45, 7) is 3.01. The topological polar surface area (TPSA) is 79.3 Å². The molecule has 1 heterocycles. The molecule has 0 aliphatic heterocycles. The van der Waals surface area contributed by atoms with Crippen LogP contribution < -0.4 is 5.32 Å². The smallest absolute Gasteiger partial charge is 0.309 e. The van der Waals surface area contributed by atoms with Crippen LogP contribution in [0.5, 0.6) is 0 Å². The molecule has 21 heavy (non-hydrogen) atoms. The maximum absolute atomic E-state index is 12.0. The Bertz CT molecular complexity index is 713. The lowest BCUT2D eigenvalue weighted by Crippen LogP contribution is -2.29. The van der Waals surface area contributed by atoms with E-state index in [4.69, 9.17) is 16.7 Å². The van der Waals surface area contributed by atoms with Crippen molar-refractivity contribution in [1.29, 1.82) is 0 Å². The molecule has 2 aromatic rings. The summed E-state index contributed by atoms with van der Waals surface area (Å²) in [7, 11) is 0. The van der Waals surface area contributed by atoms with E-state index in [1.54, 1.807) is 24.4 Å².